The molecule has 3 N–H and O–H groups in total. The first-order valence-electron chi connectivity index (χ1n) is 8.20. The van der Waals surface area contributed by atoms with Crippen molar-refractivity contribution in [3.05, 3.63) is 35.9 Å². The number of likely N-dealkylation sites (N-methyl/N-ethyl adjacent to an activating group) is 1. The second kappa shape index (κ2) is 9.27. The molecule has 0 saturated carbocycles. The summed E-state index contributed by atoms with van der Waals surface area (Å²) in [5.41, 5.74) is 0.995. The van der Waals surface area contributed by atoms with Crippen LogP contribution in [0.2, 0.25) is 0 Å². The molecule has 0 bridgehead atoms. The number of amides is 1. The summed E-state index contributed by atoms with van der Waals surface area (Å²) in [6.45, 7) is 6.75. The first kappa shape index (κ1) is 20.0. The number of nitrogens with zero attached hydrogens (tertiary/aromatic N) is 2. The Kier molecular flexibility index (Phi) is 7.71. The number of nitrogens with one attached hydrogen (secondary N) is 3. The number of aliphatic imine (C=N–C) groups is 1. The van der Waals surface area contributed by atoms with Gasteiger partial charge in [-0.2, -0.15) is 0 Å². The van der Waals surface area contributed by atoms with Crippen LogP contribution >= 0.6 is 0 Å². The lowest BCUT2D eigenvalue weighted by Crippen LogP contribution is -2.49. The van der Waals surface area contributed by atoms with Crippen molar-refractivity contribution in [2.24, 2.45) is 4.99 Å². The van der Waals surface area contributed by atoms with Gasteiger partial charge in [-0.05, 0) is 40.4 Å². The van der Waals surface area contributed by atoms with Crippen molar-refractivity contribution in [2.75, 3.05) is 34.2 Å². The molecule has 0 aromatic heterocycles. The van der Waals surface area contributed by atoms with Crippen molar-refractivity contribution in [3.8, 4) is 0 Å². The summed E-state index contributed by atoms with van der Waals surface area (Å²) in [6.07, 6.45) is 0. The zero-order chi connectivity index (χ0) is 18.2. The molecular weight excluding hydrogens is 302 g/mol. The van der Waals surface area contributed by atoms with E-state index in [9.17, 15) is 4.79 Å². The van der Waals surface area contributed by atoms with Crippen molar-refractivity contribution in [2.45, 2.75) is 32.4 Å². The fourth-order valence-corrected chi connectivity index (χ4v) is 2.31. The molecule has 0 aliphatic heterocycles. The Morgan fingerprint density at radius 2 is 1.79 bits per heavy atom. The Balaban J connectivity index is 2.54. The van der Waals surface area contributed by atoms with Gasteiger partial charge in [0.15, 0.2) is 5.96 Å². The van der Waals surface area contributed by atoms with Crippen molar-refractivity contribution in [3.63, 3.8) is 0 Å². The third kappa shape index (κ3) is 7.46. The molecule has 0 saturated heterocycles. The summed E-state index contributed by atoms with van der Waals surface area (Å²) in [5, 5.41) is 9.25. The molecule has 6 nitrogen and oxygen atoms in total. The quantitative estimate of drug-likeness (QED) is 0.543. The van der Waals surface area contributed by atoms with Gasteiger partial charge in [-0.25, -0.2) is 0 Å². The van der Waals surface area contributed by atoms with E-state index in [0.717, 1.165) is 0 Å². The number of benzene rings is 1. The topological polar surface area (TPSA) is 68.8 Å². The van der Waals surface area contributed by atoms with Crippen LogP contribution in [0.5, 0.6) is 0 Å². The fraction of sp³-hybridized carbons (Fsp3) is 0.556. The minimum absolute atomic E-state index is 0.0577. The van der Waals surface area contributed by atoms with Crippen molar-refractivity contribution < 1.29 is 4.79 Å². The lowest BCUT2D eigenvalue weighted by molar-refractivity contribution is -0.121. The van der Waals surface area contributed by atoms with Crippen LogP contribution in [0.25, 0.3) is 0 Å². The van der Waals surface area contributed by atoms with Crippen LogP contribution in [0, 0.1) is 0 Å². The third-order valence-corrected chi connectivity index (χ3v) is 3.42. The van der Waals surface area contributed by atoms with Gasteiger partial charge in [0.25, 0.3) is 0 Å². The number of carbonyl (C=O) groups excluding carboxylic acids is 1. The number of carbonyl (C=O) groups is 1. The molecule has 1 atom stereocenters. The van der Waals surface area contributed by atoms with E-state index in [1.165, 1.54) is 5.56 Å². The number of guanidine groups is 1. The Morgan fingerprint density at radius 1 is 1.17 bits per heavy atom. The van der Waals surface area contributed by atoms with Gasteiger partial charge in [0.1, 0.15) is 0 Å². The first-order valence-corrected chi connectivity index (χ1v) is 8.20. The van der Waals surface area contributed by atoms with E-state index in [4.69, 9.17) is 0 Å². The Morgan fingerprint density at radius 3 is 2.29 bits per heavy atom. The van der Waals surface area contributed by atoms with E-state index in [0.29, 0.717) is 12.5 Å². The van der Waals surface area contributed by atoms with Gasteiger partial charge >= 0.3 is 0 Å². The number of hydrogen-bond donors (Lipinski definition) is 3. The average molecular weight is 333 g/mol. The largest absolute Gasteiger partial charge is 0.354 e. The van der Waals surface area contributed by atoms with Gasteiger partial charge in [0, 0.05) is 19.1 Å². The molecule has 0 aliphatic rings. The van der Waals surface area contributed by atoms with Crippen molar-refractivity contribution in [1.29, 1.82) is 0 Å². The predicted octanol–water partition coefficient (Wildman–Crippen LogP) is 1.37. The minimum Gasteiger partial charge on any atom is -0.354 e. The standard InChI is InChI=1S/C18H31N5O/c1-18(2,3)22-16(24)13-21-17(19-4)20-12-15(23(5)6)14-10-8-7-9-11-14/h7-11,15H,12-13H2,1-6H3,(H,22,24)(H2,19,20,21). The predicted molar refractivity (Wildman–Crippen MR) is 100 cm³/mol. The summed E-state index contributed by atoms with van der Waals surface area (Å²) in [4.78, 5) is 18.2. The van der Waals surface area contributed by atoms with Gasteiger partial charge < -0.3 is 20.9 Å². The van der Waals surface area contributed by atoms with E-state index in [1.54, 1.807) is 7.05 Å². The zero-order valence-corrected chi connectivity index (χ0v) is 15.7. The number of hydrogen-bond acceptors (Lipinski definition) is 3. The summed E-state index contributed by atoms with van der Waals surface area (Å²) in [7, 11) is 5.79. The molecule has 1 aromatic carbocycles. The second-order valence-corrected chi connectivity index (χ2v) is 6.99. The number of rotatable bonds is 6. The van der Waals surface area contributed by atoms with E-state index in [2.05, 4.69) is 38.0 Å². The van der Waals surface area contributed by atoms with Crippen molar-refractivity contribution >= 4 is 11.9 Å². The maximum absolute atomic E-state index is 11.9. The van der Waals surface area contributed by atoms with Crippen LogP contribution < -0.4 is 16.0 Å². The molecule has 134 valence electrons. The fourth-order valence-electron chi connectivity index (χ4n) is 2.31. The summed E-state index contributed by atoms with van der Waals surface area (Å²) >= 11 is 0. The molecule has 1 amide bonds. The van der Waals surface area contributed by atoms with Gasteiger partial charge in [-0.15, -0.1) is 0 Å². The Bertz CT molecular complexity index is 534. The average Bonchev–Trinajstić information content (AvgIpc) is 2.49. The summed E-state index contributed by atoms with van der Waals surface area (Å²) in [5.74, 6) is 0.555. The highest BCUT2D eigenvalue weighted by Gasteiger charge is 2.16. The van der Waals surface area contributed by atoms with Crippen LogP contribution in [0.15, 0.2) is 35.3 Å². The molecule has 0 aliphatic carbocycles. The van der Waals surface area contributed by atoms with Gasteiger partial charge in [-0.3, -0.25) is 9.79 Å². The molecule has 6 heteroatoms. The highest BCUT2D eigenvalue weighted by Crippen LogP contribution is 2.16. The third-order valence-electron chi connectivity index (χ3n) is 3.42. The maximum atomic E-state index is 11.9. The van der Waals surface area contributed by atoms with E-state index in [-0.39, 0.29) is 24.0 Å². The SMILES string of the molecule is CN=C(NCC(=O)NC(C)(C)C)NCC(c1ccccc1)N(C)C. The van der Waals surface area contributed by atoms with E-state index in [1.807, 2.05) is 53.1 Å². The van der Waals surface area contributed by atoms with Crippen LogP contribution in [-0.4, -0.2) is 56.5 Å². The molecule has 0 fully saturated rings. The van der Waals surface area contributed by atoms with Crippen molar-refractivity contribution in [1.82, 2.24) is 20.9 Å². The Hall–Kier alpha value is -2.08. The normalized spacial score (nSPS) is 13.5. The zero-order valence-electron chi connectivity index (χ0n) is 15.7. The Labute approximate surface area is 145 Å². The minimum atomic E-state index is -0.237. The lowest BCUT2D eigenvalue weighted by Gasteiger charge is -2.26. The summed E-state index contributed by atoms with van der Waals surface area (Å²) in [6, 6.07) is 10.5. The van der Waals surface area contributed by atoms with Gasteiger partial charge in [-0.1, -0.05) is 30.3 Å². The molecule has 1 aromatic rings. The van der Waals surface area contributed by atoms with Crippen LogP contribution in [0.4, 0.5) is 0 Å². The molecule has 24 heavy (non-hydrogen) atoms. The molecule has 0 radical (unpaired) electrons. The highest BCUT2D eigenvalue weighted by molar-refractivity contribution is 5.86. The molecule has 0 heterocycles. The highest BCUT2D eigenvalue weighted by atomic mass is 16.2. The second-order valence-electron chi connectivity index (χ2n) is 6.99. The van der Waals surface area contributed by atoms with E-state index < -0.39 is 0 Å². The lowest BCUT2D eigenvalue weighted by atomic mass is 10.1. The van der Waals surface area contributed by atoms with Crippen LogP contribution in [0.3, 0.4) is 0 Å². The molecule has 0 spiro atoms. The first-order chi connectivity index (χ1) is 11.2. The van der Waals surface area contributed by atoms with Gasteiger partial charge in [0.2, 0.25) is 5.91 Å². The maximum Gasteiger partial charge on any atom is 0.239 e. The van der Waals surface area contributed by atoms with Crippen LogP contribution in [-0.2, 0) is 4.79 Å². The molecule has 1 unspecified atom stereocenters. The molecular formula is C18H31N5O. The summed E-state index contributed by atoms with van der Waals surface area (Å²) < 4.78 is 0. The van der Waals surface area contributed by atoms with Gasteiger partial charge in [0.05, 0.1) is 12.6 Å². The van der Waals surface area contributed by atoms with E-state index >= 15 is 0 Å². The molecule has 1 rings (SSSR count). The monoisotopic (exact) mass is 333 g/mol. The smallest absolute Gasteiger partial charge is 0.239 e. The van der Waals surface area contributed by atoms with Crippen LogP contribution in [0.1, 0.15) is 32.4 Å².